The van der Waals surface area contributed by atoms with Crippen molar-refractivity contribution in [2.24, 2.45) is 10.7 Å². The Balaban J connectivity index is 0.00000220. The molecule has 0 saturated carbocycles. The molecule has 0 spiro atoms. The second kappa shape index (κ2) is 8.66. The summed E-state index contributed by atoms with van der Waals surface area (Å²) < 4.78 is 5.31. The van der Waals surface area contributed by atoms with Crippen LogP contribution >= 0.6 is 24.0 Å². The van der Waals surface area contributed by atoms with E-state index >= 15 is 0 Å². The molecule has 3 N–H and O–H groups in total. The zero-order valence-electron chi connectivity index (χ0n) is 12.3. The molecule has 5 nitrogen and oxygen atoms in total. The molecule has 0 aliphatic rings. The third-order valence-corrected chi connectivity index (χ3v) is 3.06. The van der Waals surface area contributed by atoms with Crippen LogP contribution in [0.2, 0.25) is 0 Å². The molecule has 0 bridgehead atoms. The van der Waals surface area contributed by atoms with Gasteiger partial charge < -0.3 is 15.6 Å². The largest absolute Gasteiger partial charge is 0.370 e. The highest BCUT2D eigenvalue weighted by Gasteiger charge is 2.12. The van der Waals surface area contributed by atoms with Crippen LogP contribution in [0.1, 0.15) is 30.9 Å². The number of hydrogen-bond acceptors (Lipinski definition) is 3. The van der Waals surface area contributed by atoms with Gasteiger partial charge >= 0.3 is 0 Å². The van der Waals surface area contributed by atoms with Crippen molar-refractivity contribution in [1.29, 1.82) is 0 Å². The van der Waals surface area contributed by atoms with Crippen LogP contribution in [-0.2, 0) is 19.4 Å². The van der Waals surface area contributed by atoms with Gasteiger partial charge in [0.1, 0.15) is 5.76 Å². The van der Waals surface area contributed by atoms with E-state index in [2.05, 4.69) is 22.4 Å². The average molecular weight is 400 g/mol. The summed E-state index contributed by atoms with van der Waals surface area (Å²) in [6.07, 6.45) is 1.64. The number of nitrogens with zero attached hydrogens (tertiary/aromatic N) is 2. The summed E-state index contributed by atoms with van der Waals surface area (Å²) in [6, 6.07) is 9.73. The van der Waals surface area contributed by atoms with Gasteiger partial charge in [-0.2, -0.15) is 0 Å². The topological polar surface area (TPSA) is 76.4 Å². The van der Waals surface area contributed by atoms with E-state index in [-0.39, 0.29) is 24.0 Å². The number of guanidine groups is 1. The van der Waals surface area contributed by atoms with Gasteiger partial charge in [-0.3, -0.25) is 0 Å². The van der Waals surface area contributed by atoms with Gasteiger partial charge in [0.2, 0.25) is 0 Å². The molecule has 21 heavy (non-hydrogen) atoms. The number of para-hydroxylation sites is 1. The molecule has 0 saturated heterocycles. The smallest absolute Gasteiger partial charge is 0.193 e. The van der Waals surface area contributed by atoms with Crippen molar-refractivity contribution in [1.82, 2.24) is 5.16 Å². The standard InChI is InChI=1S/C15H20N4O.HI/c1-3-13-12(14(4-2)20-19-13)10-17-15(16)18-11-8-6-5-7-9-11;/h5-9H,3-4,10H2,1-2H3,(H3,16,17,18);1H. The Labute approximate surface area is 142 Å². The summed E-state index contributed by atoms with van der Waals surface area (Å²) in [5, 5.41) is 7.12. The lowest BCUT2D eigenvalue weighted by molar-refractivity contribution is 0.380. The molecule has 0 aliphatic carbocycles. The number of nitrogens with one attached hydrogen (secondary N) is 1. The summed E-state index contributed by atoms with van der Waals surface area (Å²) in [5.41, 5.74) is 8.82. The molecule has 0 amide bonds. The summed E-state index contributed by atoms with van der Waals surface area (Å²) in [7, 11) is 0. The van der Waals surface area contributed by atoms with Gasteiger partial charge in [0.25, 0.3) is 0 Å². The van der Waals surface area contributed by atoms with E-state index in [0.29, 0.717) is 12.5 Å². The molecule has 1 aromatic carbocycles. The normalized spacial score (nSPS) is 11.0. The molecule has 0 radical (unpaired) electrons. The lowest BCUT2D eigenvalue weighted by Gasteiger charge is -2.05. The third-order valence-electron chi connectivity index (χ3n) is 3.06. The van der Waals surface area contributed by atoms with Gasteiger partial charge in [0.05, 0.1) is 12.2 Å². The molecule has 0 unspecified atom stereocenters. The molecule has 0 atom stereocenters. The number of aliphatic imine (C=N–C) groups is 1. The lowest BCUT2D eigenvalue weighted by atomic mass is 10.1. The fourth-order valence-electron chi connectivity index (χ4n) is 1.99. The van der Waals surface area contributed by atoms with Gasteiger partial charge in [-0.25, -0.2) is 4.99 Å². The molecular formula is C15H21IN4O. The van der Waals surface area contributed by atoms with Crippen molar-refractivity contribution in [2.75, 3.05) is 5.32 Å². The van der Waals surface area contributed by atoms with E-state index in [4.69, 9.17) is 10.3 Å². The van der Waals surface area contributed by atoms with E-state index in [1.165, 1.54) is 0 Å². The van der Waals surface area contributed by atoms with E-state index < -0.39 is 0 Å². The Bertz CT molecular complexity index is 559. The highest BCUT2D eigenvalue weighted by molar-refractivity contribution is 14.0. The first-order valence-electron chi connectivity index (χ1n) is 6.82. The van der Waals surface area contributed by atoms with Gasteiger partial charge in [0.15, 0.2) is 5.96 Å². The summed E-state index contributed by atoms with van der Waals surface area (Å²) in [6.45, 7) is 4.58. The number of halogens is 1. The number of hydrogen-bond donors (Lipinski definition) is 2. The Morgan fingerprint density at radius 3 is 2.57 bits per heavy atom. The maximum Gasteiger partial charge on any atom is 0.193 e. The van der Waals surface area contributed by atoms with Gasteiger partial charge in [-0.1, -0.05) is 37.2 Å². The Kier molecular flexibility index (Phi) is 7.21. The minimum Gasteiger partial charge on any atom is -0.370 e. The number of benzene rings is 1. The maximum atomic E-state index is 5.89. The van der Waals surface area contributed by atoms with Crippen molar-refractivity contribution in [3.8, 4) is 0 Å². The number of aryl methyl sites for hydroxylation is 2. The second-order valence-corrected chi connectivity index (χ2v) is 4.43. The third kappa shape index (κ3) is 4.73. The zero-order chi connectivity index (χ0) is 14.4. The fraction of sp³-hybridized carbons (Fsp3) is 0.333. The van der Waals surface area contributed by atoms with Crippen LogP contribution in [0.4, 0.5) is 5.69 Å². The quantitative estimate of drug-likeness (QED) is 0.459. The van der Waals surface area contributed by atoms with Crippen LogP contribution in [-0.4, -0.2) is 11.1 Å². The molecule has 0 fully saturated rings. The van der Waals surface area contributed by atoms with Crippen molar-refractivity contribution in [2.45, 2.75) is 33.2 Å². The Morgan fingerprint density at radius 1 is 1.24 bits per heavy atom. The number of aromatic nitrogens is 1. The predicted molar refractivity (Wildman–Crippen MR) is 96.1 cm³/mol. The first-order valence-corrected chi connectivity index (χ1v) is 6.82. The fourth-order valence-corrected chi connectivity index (χ4v) is 1.99. The molecule has 1 aromatic heterocycles. The van der Waals surface area contributed by atoms with Crippen molar-refractivity contribution in [3.63, 3.8) is 0 Å². The molecule has 6 heteroatoms. The summed E-state index contributed by atoms with van der Waals surface area (Å²) >= 11 is 0. The molecule has 2 aromatic rings. The Morgan fingerprint density at radius 2 is 1.95 bits per heavy atom. The zero-order valence-corrected chi connectivity index (χ0v) is 14.6. The monoisotopic (exact) mass is 400 g/mol. The summed E-state index contributed by atoms with van der Waals surface area (Å²) in [4.78, 5) is 4.36. The molecule has 2 rings (SSSR count). The van der Waals surface area contributed by atoms with Crippen LogP contribution in [0.25, 0.3) is 0 Å². The predicted octanol–water partition coefficient (Wildman–Crippen LogP) is 3.34. The first kappa shape index (κ1) is 17.5. The summed E-state index contributed by atoms with van der Waals surface area (Å²) in [5.74, 6) is 1.28. The van der Waals surface area contributed by atoms with E-state index in [0.717, 1.165) is 35.5 Å². The van der Waals surface area contributed by atoms with E-state index in [1.54, 1.807) is 0 Å². The number of rotatable bonds is 5. The minimum absolute atomic E-state index is 0. The van der Waals surface area contributed by atoms with Gasteiger partial charge in [-0.15, -0.1) is 24.0 Å². The molecule has 1 heterocycles. The van der Waals surface area contributed by atoms with Crippen LogP contribution in [0.3, 0.4) is 0 Å². The lowest BCUT2D eigenvalue weighted by Crippen LogP contribution is -2.22. The second-order valence-electron chi connectivity index (χ2n) is 4.43. The number of nitrogens with two attached hydrogens (primary N) is 1. The van der Waals surface area contributed by atoms with Crippen LogP contribution in [0.5, 0.6) is 0 Å². The maximum absolute atomic E-state index is 5.89. The minimum atomic E-state index is 0. The average Bonchev–Trinajstić information content (AvgIpc) is 2.88. The highest BCUT2D eigenvalue weighted by atomic mass is 127. The van der Waals surface area contributed by atoms with Crippen molar-refractivity contribution < 1.29 is 4.52 Å². The highest BCUT2D eigenvalue weighted by Crippen LogP contribution is 2.16. The van der Waals surface area contributed by atoms with Crippen LogP contribution in [0, 0.1) is 0 Å². The van der Waals surface area contributed by atoms with Crippen LogP contribution in [0.15, 0.2) is 39.8 Å². The van der Waals surface area contributed by atoms with Crippen molar-refractivity contribution in [3.05, 3.63) is 47.3 Å². The van der Waals surface area contributed by atoms with Crippen LogP contribution < -0.4 is 11.1 Å². The number of anilines is 1. The molecular weight excluding hydrogens is 379 g/mol. The Hall–Kier alpha value is -1.57. The van der Waals surface area contributed by atoms with Gasteiger partial charge in [-0.05, 0) is 18.6 Å². The van der Waals surface area contributed by atoms with Crippen molar-refractivity contribution >= 4 is 35.6 Å². The molecule has 114 valence electrons. The van der Waals surface area contributed by atoms with E-state index in [9.17, 15) is 0 Å². The molecule has 0 aliphatic heterocycles. The first-order chi connectivity index (χ1) is 9.74. The van der Waals surface area contributed by atoms with E-state index in [1.807, 2.05) is 37.3 Å². The SMILES string of the molecule is CCc1noc(CC)c1CN=C(N)Nc1ccccc1.I. The van der Waals surface area contributed by atoms with Gasteiger partial charge in [0, 0.05) is 17.7 Å².